The van der Waals surface area contributed by atoms with Gasteiger partial charge >= 0.3 is 0 Å². The van der Waals surface area contributed by atoms with Crippen molar-refractivity contribution < 1.29 is 8.42 Å². The fourth-order valence-corrected chi connectivity index (χ4v) is 5.47. The van der Waals surface area contributed by atoms with Gasteiger partial charge in [-0.1, -0.05) is 42.5 Å². The van der Waals surface area contributed by atoms with Crippen LogP contribution in [0.4, 0.5) is 0 Å². The van der Waals surface area contributed by atoms with Gasteiger partial charge in [-0.05, 0) is 35.0 Å². The summed E-state index contributed by atoms with van der Waals surface area (Å²) in [7, 11) is -3.56. The number of nitrogens with zero attached hydrogens (tertiary/aromatic N) is 4. The highest BCUT2D eigenvalue weighted by Gasteiger charge is 2.28. The van der Waals surface area contributed by atoms with Crippen molar-refractivity contribution in [2.75, 3.05) is 26.2 Å². The maximum Gasteiger partial charge on any atom is 0.262 e. The molecule has 0 amide bonds. The number of aromatic nitrogens is 2. The lowest BCUT2D eigenvalue weighted by atomic mass is 10.1. The lowest BCUT2D eigenvalue weighted by molar-refractivity contribution is 0.150. The van der Waals surface area contributed by atoms with Gasteiger partial charge in [0.15, 0.2) is 0 Å². The fourth-order valence-electron chi connectivity index (χ4n) is 4.01. The highest BCUT2D eigenvalue weighted by Crippen LogP contribution is 2.23. The van der Waals surface area contributed by atoms with Crippen LogP contribution in [0.3, 0.4) is 0 Å². The van der Waals surface area contributed by atoms with Crippen molar-refractivity contribution in [3.05, 3.63) is 83.4 Å². The molecule has 3 aromatic carbocycles. The molecule has 158 valence electrons. The van der Waals surface area contributed by atoms with E-state index in [-0.39, 0.29) is 5.56 Å². The van der Waals surface area contributed by atoms with Gasteiger partial charge in [0.05, 0.1) is 28.8 Å². The van der Waals surface area contributed by atoms with Gasteiger partial charge in [-0.2, -0.15) is 4.31 Å². The van der Waals surface area contributed by atoms with Crippen LogP contribution >= 0.6 is 0 Å². The molecular formula is C23H22N4O3S. The lowest BCUT2D eigenvalue weighted by Gasteiger charge is -2.34. The number of fused-ring (bicyclic) bond motifs is 2. The van der Waals surface area contributed by atoms with E-state index in [0.29, 0.717) is 48.6 Å². The van der Waals surface area contributed by atoms with E-state index in [2.05, 4.69) is 9.88 Å². The molecule has 1 aliphatic rings. The summed E-state index contributed by atoms with van der Waals surface area (Å²) in [5.74, 6) is 0. The van der Waals surface area contributed by atoms with E-state index < -0.39 is 10.0 Å². The third kappa shape index (κ3) is 3.74. The molecule has 0 spiro atoms. The Hall–Kier alpha value is -3.07. The van der Waals surface area contributed by atoms with E-state index >= 15 is 0 Å². The highest BCUT2D eigenvalue weighted by molar-refractivity contribution is 7.89. The van der Waals surface area contributed by atoms with Crippen molar-refractivity contribution in [3.63, 3.8) is 0 Å². The number of hydrogen-bond donors (Lipinski definition) is 0. The first-order valence-electron chi connectivity index (χ1n) is 10.2. The molecule has 4 aromatic rings. The number of sulfonamides is 1. The zero-order valence-electron chi connectivity index (χ0n) is 16.9. The van der Waals surface area contributed by atoms with Crippen LogP contribution in [-0.2, 0) is 16.7 Å². The van der Waals surface area contributed by atoms with Crippen molar-refractivity contribution in [1.82, 2.24) is 18.8 Å². The molecule has 0 saturated carbocycles. The van der Waals surface area contributed by atoms with Crippen LogP contribution in [0.2, 0.25) is 0 Å². The molecule has 0 N–H and O–H groups in total. The second-order valence-corrected chi connectivity index (χ2v) is 9.65. The van der Waals surface area contributed by atoms with Gasteiger partial charge in [0.1, 0.15) is 0 Å². The average Bonchev–Trinajstić information content (AvgIpc) is 2.81. The molecule has 1 aromatic heterocycles. The maximum atomic E-state index is 13.1. The average molecular weight is 435 g/mol. The van der Waals surface area contributed by atoms with Crippen molar-refractivity contribution >= 4 is 31.7 Å². The Bertz CT molecular complexity index is 1420. The third-order valence-corrected chi connectivity index (χ3v) is 7.67. The Labute approximate surface area is 180 Å². The van der Waals surface area contributed by atoms with E-state index in [0.717, 1.165) is 10.8 Å². The maximum absolute atomic E-state index is 13.1. The van der Waals surface area contributed by atoms with E-state index in [4.69, 9.17) is 0 Å². The fraction of sp³-hybridized carbons (Fsp3) is 0.217. The Kier molecular flexibility index (Phi) is 5.05. The molecule has 0 bridgehead atoms. The summed E-state index contributed by atoms with van der Waals surface area (Å²) in [6, 6.07) is 20.2. The summed E-state index contributed by atoms with van der Waals surface area (Å²) >= 11 is 0. The number of benzene rings is 3. The van der Waals surface area contributed by atoms with Crippen LogP contribution in [0, 0.1) is 0 Å². The number of rotatable bonds is 4. The molecule has 0 radical (unpaired) electrons. The predicted molar refractivity (Wildman–Crippen MR) is 120 cm³/mol. The molecule has 1 fully saturated rings. The molecule has 0 aliphatic carbocycles. The number of para-hydroxylation sites is 1. The minimum absolute atomic E-state index is 0.0863. The Morgan fingerprint density at radius 2 is 1.55 bits per heavy atom. The first-order valence-corrected chi connectivity index (χ1v) is 11.6. The monoisotopic (exact) mass is 434 g/mol. The quantitative estimate of drug-likeness (QED) is 0.493. The standard InChI is InChI=1S/C23H22N4O3S/c28-23-21-7-3-4-8-22(21)24-16-26(23)17-25-11-13-27(14-12-25)31(29,30)20-10-9-18-5-1-2-6-19(18)15-20/h1-10,15-16H,11-14,17H2. The molecule has 8 heteroatoms. The molecule has 31 heavy (non-hydrogen) atoms. The smallest absolute Gasteiger partial charge is 0.262 e. The number of piperazine rings is 1. The molecule has 1 aliphatic heterocycles. The second kappa shape index (κ2) is 7.88. The van der Waals surface area contributed by atoms with E-state index in [9.17, 15) is 13.2 Å². The normalized spacial score (nSPS) is 16.1. The summed E-state index contributed by atoms with van der Waals surface area (Å²) in [5.41, 5.74) is 0.590. The van der Waals surface area contributed by atoms with Crippen LogP contribution in [0.25, 0.3) is 21.7 Å². The van der Waals surface area contributed by atoms with Gasteiger partial charge in [0.25, 0.3) is 5.56 Å². The second-order valence-electron chi connectivity index (χ2n) is 7.71. The summed E-state index contributed by atoms with van der Waals surface area (Å²) in [4.78, 5) is 19.5. The third-order valence-electron chi connectivity index (χ3n) is 5.77. The molecular weight excluding hydrogens is 412 g/mol. The SMILES string of the molecule is O=c1c2ccccc2ncn1CN1CCN(S(=O)(=O)c2ccc3ccccc3c2)CC1. The molecule has 2 heterocycles. The van der Waals surface area contributed by atoms with Crippen LogP contribution in [0.15, 0.2) is 82.7 Å². The molecule has 0 unspecified atom stereocenters. The first-order chi connectivity index (χ1) is 15.0. The van der Waals surface area contributed by atoms with E-state index in [1.54, 1.807) is 29.1 Å². The predicted octanol–water partition coefficient (Wildman–Crippen LogP) is 2.51. The number of hydrogen-bond acceptors (Lipinski definition) is 5. The van der Waals surface area contributed by atoms with Gasteiger partial charge in [-0.3, -0.25) is 14.3 Å². The molecule has 7 nitrogen and oxygen atoms in total. The first kappa shape index (κ1) is 19.9. The van der Waals surface area contributed by atoms with Crippen LogP contribution in [0.5, 0.6) is 0 Å². The summed E-state index contributed by atoms with van der Waals surface area (Å²) in [6.45, 7) is 2.24. The Balaban J connectivity index is 1.30. The minimum atomic E-state index is -3.56. The van der Waals surface area contributed by atoms with E-state index in [1.165, 1.54) is 4.31 Å². The Morgan fingerprint density at radius 3 is 2.35 bits per heavy atom. The molecule has 5 rings (SSSR count). The zero-order chi connectivity index (χ0) is 21.4. The largest absolute Gasteiger partial charge is 0.285 e. The summed E-state index contributed by atoms with van der Waals surface area (Å²) in [5, 5.41) is 2.51. The topological polar surface area (TPSA) is 75.5 Å². The van der Waals surface area contributed by atoms with Crippen LogP contribution in [-0.4, -0.2) is 53.4 Å². The minimum Gasteiger partial charge on any atom is -0.285 e. The zero-order valence-corrected chi connectivity index (χ0v) is 17.7. The molecule has 1 saturated heterocycles. The van der Waals surface area contributed by atoms with Crippen molar-refractivity contribution in [2.24, 2.45) is 0 Å². The van der Waals surface area contributed by atoms with Gasteiger partial charge in [0.2, 0.25) is 10.0 Å². The van der Waals surface area contributed by atoms with Gasteiger partial charge in [0, 0.05) is 26.2 Å². The van der Waals surface area contributed by atoms with Crippen molar-refractivity contribution in [1.29, 1.82) is 0 Å². The van der Waals surface area contributed by atoms with Gasteiger partial charge in [-0.25, -0.2) is 13.4 Å². The highest BCUT2D eigenvalue weighted by atomic mass is 32.2. The van der Waals surface area contributed by atoms with Gasteiger partial charge in [-0.15, -0.1) is 0 Å². The van der Waals surface area contributed by atoms with Crippen LogP contribution in [0.1, 0.15) is 0 Å². The summed E-state index contributed by atoms with van der Waals surface area (Å²) in [6.07, 6.45) is 1.56. The van der Waals surface area contributed by atoms with E-state index in [1.807, 2.05) is 48.5 Å². The lowest BCUT2D eigenvalue weighted by Crippen LogP contribution is -2.49. The van der Waals surface area contributed by atoms with Crippen molar-refractivity contribution in [3.8, 4) is 0 Å². The Morgan fingerprint density at radius 1 is 0.839 bits per heavy atom. The van der Waals surface area contributed by atoms with Crippen molar-refractivity contribution in [2.45, 2.75) is 11.6 Å². The van der Waals surface area contributed by atoms with Crippen LogP contribution < -0.4 is 5.56 Å². The van der Waals surface area contributed by atoms with Gasteiger partial charge < -0.3 is 0 Å². The molecule has 0 atom stereocenters. The summed E-state index contributed by atoms with van der Waals surface area (Å²) < 4.78 is 29.4.